The Morgan fingerprint density at radius 3 is 2.67 bits per heavy atom. The maximum Gasteiger partial charge on any atom is 0.330 e. The Labute approximate surface area is 140 Å². The quantitative estimate of drug-likeness (QED) is 0.393. The molecule has 120 valence electrons. The summed E-state index contributed by atoms with van der Waals surface area (Å²) in [5.41, 5.74) is 1.74. The molecule has 0 spiro atoms. The number of rotatable bonds is 6. The van der Waals surface area contributed by atoms with E-state index in [4.69, 9.17) is 9.47 Å². The van der Waals surface area contributed by atoms with Gasteiger partial charge in [-0.05, 0) is 24.3 Å². The maximum absolute atomic E-state index is 11.8. The van der Waals surface area contributed by atoms with Crippen molar-refractivity contribution in [3.05, 3.63) is 78.5 Å². The number of esters is 1. The Morgan fingerprint density at radius 2 is 1.79 bits per heavy atom. The number of para-hydroxylation sites is 2. The van der Waals surface area contributed by atoms with E-state index in [1.807, 2.05) is 60.7 Å². The van der Waals surface area contributed by atoms with Crippen molar-refractivity contribution >= 4 is 22.9 Å². The molecule has 0 atom stereocenters. The van der Waals surface area contributed by atoms with Gasteiger partial charge in [-0.25, -0.2) is 4.79 Å². The van der Waals surface area contributed by atoms with E-state index in [1.165, 1.54) is 6.08 Å². The highest BCUT2D eigenvalue weighted by Gasteiger charge is 2.01. The summed E-state index contributed by atoms with van der Waals surface area (Å²) in [6.45, 7) is 0.519. The molecule has 3 aromatic rings. The Morgan fingerprint density at radius 1 is 0.958 bits per heavy atom. The maximum atomic E-state index is 11.8. The van der Waals surface area contributed by atoms with Crippen LogP contribution >= 0.6 is 0 Å². The largest absolute Gasteiger partial charge is 0.490 e. The van der Waals surface area contributed by atoms with E-state index in [9.17, 15) is 4.79 Å². The van der Waals surface area contributed by atoms with Gasteiger partial charge in [-0.2, -0.15) is 0 Å². The molecule has 24 heavy (non-hydrogen) atoms. The first kappa shape index (κ1) is 15.7. The van der Waals surface area contributed by atoms with E-state index in [-0.39, 0.29) is 6.61 Å². The molecule has 0 radical (unpaired) electrons. The molecule has 1 aromatic heterocycles. The minimum Gasteiger partial charge on any atom is -0.490 e. The van der Waals surface area contributed by atoms with Crippen LogP contribution in [0, 0.1) is 0 Å². The molecule has 4 heteroatoms. The number of nitrogens with zero attached hydrogens (tertiary/aromatic N) is 1. The Bertz CT molecular complexity index is 838. The lowest BCUT2D eigenvalue weighted by atomic mass is 10.1. The summed E-state index contributed by atoms with van der Waals surface area (Å²) in [5.74, 6) is 0.352. The van der Waals surface area contributed by atoms with E-state index in [2.05, 4.69) is 4.98 Å². The molecule has 0 N–H and O–H groups in total. The lowest BCUT2D eigenvalue weighted by Crippen LogP contribution is -2.10. The van der Waals surface area contributed by atoms with E-state index >= 15 is 0 Å². The molecule has 2 aromatic carbocycles. The lowest BCUT2D eigenvalue weighted by molar-refractivity contribution is -0.138. The molecular formula is C20H17NO3. The Balaban J connectivity index is 1.52. The molecule has 0 fully saturated rings. The van der Waals surface area contributed by atoms with Crippen molar-refractivity contribution in [2.45, 2.75) is 0 Å². The van der Waals surface area contributed by atoms with Gasteiger partial charge >= 0.3 is 5.97 Å². The second-order valence-corrected chi connectivity index (χ2v) is 5.08. The van der Waals surface area contributed by atoms with E-state index in [1.54, 1.807) is 12.3 Å². The number of carbonyl (C=O) groups excluding carboxylic acids is 1. The fourth-order valence-corrected chi connectivity index (χ4v) is 2.29. The predicted molar refractivity (Wildman–Crippen MR) is 93.7 cm³/mol. The fourth-order valence-electron chi connectivity index (χ4n) is 2.29. The minimum atomic E-state index is -0.403. The van der Waals surface area contributed by atoms with Gasteiger partial charge < -0.3 is 9.47 Å². The van der Waals surface area contributed by atoms with Crippen LogP contribution in [0.5, 0.6) is 5.75 Å². The summed E-state index contributed by atoms with van der Waals surface area (Å²) in [7, 11) is 0. The number of hydrogen-bond donors (Lipinski definition) is 0. The van der Waals surface area contributed by atoms with Crippen LogP contribution in [0.25, 0.3) is 17.0 Å². The van der Waals surface area contributed by atoms with Crippen molar-refractivity contribution < 1.29 is 14.3 Å². The molecule has 0 saturated heterocycles. The van der Waals surface area contributed by atoms with Gasteiger partial charge in [-0.15, -0.1) is 0 Å². The van der Waals surface area contributed by atoms with Crippen molar-refractivity contribution in [3.8, 4) is 5.75 Å². The van der Waals surface area contributed by atoms with Gasteiger partial charge in [0.2, 0.25) is 0 Å². The topological polar surface area (TPSA) is 48.4 Å². The number of pyridine rings is 1. The number of hydrogen-bond acceptors (Lipinski definition) is 4. The smallest absolute Gasteiger partial charge is 0.330 e. The SMILES string of the molecule is O=C(/C=C/c1cccc2cccnc12)OCCOc1ccccc1. The number of fused-ring (bicyclic) bond motifs is 1. The van der Waals surface area contributed by atoms with Crippen LogP contribution < -0.4 is 4.74 Å². The first-order chi connectivity index (χ1) is 11.8. The second kappa shape index (κ2) is 7.92. The molecule has 0 amide bonds. The average Bonchev–Trinajstić information content (AvgIpc) is 2.64. The number of aromatic nitrogens is 1. The highest BCUT2D eigenvalue weighted by molar-refractivity contribution is 5.92. The number of benzene rings is 2. The highest BCUT2D eigenvalue weighted by Crippen LogP contribution is 2.17. The monoisotopic (exact) mass is 319 g/mol. The fraction of sp³-hybridized carbons (Fsp3) is 0.100. The second-order valence-electron chi connectivity index (χ2n) is 5.08. The van der Waals surface area contributed by atoms with Crippen LogP contribution in [0.15, 0.2) is 72.9 Å². The van der Waals surface area contributed by atoms with Crippen molar-refractivity contribution in [1.82, 2.24) is 4.98 Å². The summed E-state index contributed by atoms with van der Waals surface area (Å²) >= 11 is 0. The van der Waals surface area contributed by atoms with E-state index in [0.29, 0.717) is 6.61 Å². The minimum absolute atomic E-state index is 0.200. The standard InChI is InChI=1S/C20H17NO3/c22-19(24-15-14-23-18-9-2-1-3-10-18)12-11-17-7-4-6-16-8-5-13-21-20(16)17/h1-13H,14-15H2/b12-11+. The summed E-state index contributed by atoms with van der Waals surface area (Å²) in [5, 5.41) is 1.03. The lowest BCUT2D eigenvalue weighted by Gasteiger charge is -2.05. The molecule has 0 aliphatic rings. The van der Waals surface area contributed by atoms with Gasteiger partial charge in [0.25, 0.3) is 0 Å². The normalized spacial score (nSPS) is 10.8. The van der Waals surface area contributed by atoms with Crippen LogP contribution in [-0.4, -0.2) is 24.2 Å². The van der Waals surface area contributed by atoms with Gasteiger partial charge in [0.15, 0.2) is 0 Å². The van der Waals surface area contributed by atoms with Crippen molar-refractivity contribution in [2.24, 2.45) is 0 Å². The molecule has 3 rings (SSSR count). The van der Waals surface area contributed by atoms with Gasteiger partial charge in [-0.1, -0.05) is 42.5 Å². The molecule has 0 unspecified atom stereocenters. The zero-order valence-corrected chi connectivity index (χ0v) is 13.1. The predicted octanol–water partition coefficient (Wildman–Crippen LogP) is 3.87. The Hall–Kier alpha value is -3.14. The molecule has 0 saturated carbocycles. The molecule has 0 bridgehead atoms. The summed E-state index contributed by atoms with van der Waals surface area (Å²) in [4.78, 5) is 16.1. The molecule has 0 aliphatic carbocycles. The van der Waals surface area contributed by atoms with Crippen molar-refractivity contribution in [1.29, 1.82) is 0 Å². The molecule has 1 heterocycles. The van der Waals surface area contributed by atoms with Gasteiger partial charge in [0.05, 0.1) is 5.52 Å². The number of carbonyl (C=O) groups is 1. The third kappa shape index (κ3) is 4.20. The van der Waals surface area contributed by atoms with Gasteiger partial charge in [0, 0.05) is 23.2 Å². The van der Waals surface area contributed by atoms with Crippen LogP contribution in [0.3, 0.4) is 0 Å². The average molecular weight is 319 g/mol. The van der Waals surface area contributed by atoms with Gasteiger partial charge in [0.1, 0.15) is 19.0 Å². The third-order valence-corrected chi connectivity index (χ3v) is 3.40. The van der Waals surface area contributed by atoms with Crippen molar-refractivity contribution in [3.63, 3.8) is 0 Å². The van der Waals surface area contributed by atoms with E-state index in [0.717, 1.165) is 22.2 Å². The Kier molecular flexibility index (Phi) is 5.20. The molecule has 4 nitrogen and oxygen atoms in total. The zero-order chi connectivity index (χ0) is 16.6. The van der Waals surface area contributed by atoms with Crippen LogP contribution in [0.2, 0.25) is 0 Å². The number of ether oxygens (including phenoxy) is 2. The first-order valence-electron chi connectivity index (χ1n) is 7.69. The first-order valence-corrected chi connectivity index (χ1v) is 7.69. The van der Waals surface area contributed by atoms with Crippen LogP contribution in [-0.2, 0) is 9.53 Å². The molecule has 0 aliphatic heterocycles. The van der Waals surface area contributed by atoms with Crippen LogP contribution in [0.4, 0.5) is 0 Å². The van der Waals surface area contributed by atoms with Crippen LogP contribution in [0.1, 0.15) is 5.56 Å². The zero-order valence-electron chi connectivity index (χ0n) is 13.1. The molecular weight excluding hydrogens is 302 g/mol. The van der Waals surface area contributed by atoms with Crippen molar-refractivity contribution in [2.75, 3.05) is 13.2 Å². The van der Waals surface area contributed by atoms with Gasteiger partial charge in [-0.3, -0.25) is 4.98 Å². The van der Waals surface area contributed by atoms with E-state index < -0.39 is 5.97 Å². The summed E-state index contributed by atoms with van der Waals surface area (Å²) < 4.78 is 10.6. The summed E-state index contributed by atoms with van der Waals surface area (Å²) in [6, 6.07) is 19.1. The highest BCUT2D eigenvalue weighted by atomic mass is 16.6. The third-order valence-electron chi connectivity index (χ3n) is 3.40. The summed E-state index contributed by atoms with van der Waals surface area (Å²) in [6.07, 6.45) is 4.86.